The smallest absolute Gasteiger partial charge is 0.307 e. The zero-order valence-electron chi connectivity index (χ0n) is 8.39. The Bertz CT molecular complexity index is 196. The third kappa shape index (κ3) is 4.72. The molecule has 1 atom stereocenters. The van der Waals surface area contributed by atoms with E-state index in [9.17, 15) is 26.3 Å². The van der Waals surface area contributed by atoms with Crippen molar-refractivity contribution >= 4 is 0 Å². The fraction of sp³-hybridized carbons (Fsp3) is 1.00. The number of rotatable bonds is 4. The molecule has 0 spiro atoms. The number of alkyl halides is 6. The van der Waals surface area contributed by atoms with E-state index in [2.05, 4.69) is 0 Å². The zero-order chi connectivity index (χ0) is 12.3. The fourth-order valence-electron chi connectivity index (χ4n) is 1.05. The first-order valence-corrected chi connectivity index (χ1v) is 4.34. The first-order valence-electron chi connectivity index (χ1n) is 4.34. The molecule has 15 heavy (non-hydrogen) atoms. The molecule has 0 aliphatic heterocycles. The van der Waals surface area contributed by atoms with Gasteiger partial charge in [0, 0.05) is 6.42 Å². The molecule has 0 aromatic carbocycles. The van der Waals surface area contributed by atoms with Crippen molar-refractivity contribution in [1.82, 2.24) is 5.32 Å². The molecular weight excluding hydrogens is 224 g/mol. The van der Waals surface area contributed by atoms with Gasteiger partial charge in [-0.25, -0.2) is 0 Å². The van der Waals surface area contributed by atoms with Crippen LogP contribution in [0.1, 0.15) is 26.2 Å². The predicted molar refractivity (Wildman–Crippen MR) is 43.4 cm³/mol. The summed E-state index contributed by atoms with van der Waals surface area (Å²) in [6.45, 7) is 0.851. The molecule has 7 heteroatoms. The lowest BCUT2D eigenvalue weighted by molar-refractivity contribution is -0.195. The van der Waals surface area contributed by atoms with Gasteiger partial charge in [-0.1, -0.05) is 0 Å². The van der Waals surface area contributed by atoms with Crippen LogP contribution in [-0.4, -0.2) is 24.9 Å². The molecule has 0 saturated heterocycles. The molecule has 0 rings (SSSR count). The van der Waals surface area contributed by atoms with Crippen molar-refractivity contribution in [2.45, 2.75) is 44.1 Å². The Hall–Kier alpha value is -0.460. The third-order valence-corrected chi connectivity index (χ3v) is 2.31. The first-order chi connectivity index (χ1) is 6.52. The summed E-state index contributed by atoms with van der Waals surface area (Å²) < 4.78 is 72.3. The molecule has 1 unspecified atom stereocenters. The van der Waals surface area contributed by atoms with Crippen molar-refractivity contribution in [2.24, 2.45) is 0 Å². The molecule has 0 amide bonds. The van der Waals surface area contributed by atoms with Gasteiger partial charge in [0.1, 0.15) is 5.54 Å². The third-order valence-electron chi connectivity index (χ3n) is 2.31. The van der Waals surface area contributed by atoms with Crippen LogP contribution in [0.4, 0.5) is 26.3 Å². The molecule has 0 heterocycles. The Balaban J connectivity index is 4.24. The van der Waals surface area contributed by atoms with Crippen LogP contribution >= 0.6 is 0 Å². The van der Waals surface area contributed by atoms with E-state index in [4.69, 9.17) is 0 Å². The number of hydrogen-bond acceptors (Lipinski definition) is 1. The molecule has 0 aromatic rings. The molecule has 0 bridgehead atoms. The molecule has 0 aromatic heterocycles. The standard InChI is InChI=1S/C8H13F6N/c1-6(15-2,8(12,13)14)4-3-5-7(9,10)11/h15H,3-5H2,1-2H3. The van der Waals surface area contributed by atoms with Gasteiger partial charge in [0.15, 0.2) is 0 Å². The van der Waals surface area contributed by atoms with Crippen molar-refractivity contribution in [3.8, 4) is 0 Å². The second kappa shape index (κ2) is 4.59. The van der Waals surface area contributed by atoms with Crippen molar-refractivity contribution in [2.75, 3.05) is 7.05 Å². The van der Waals surface area contributed by atoms with Crippen molar-refractivity contribution < 1.29 is 26.3 Å². The van der Waals surface area contributed by atoms with Gasteiger partial charge in [0.2, 0.25) is 0 Å². The van der Waals surface area contributed by atoms with Gasteiger partial charge in [0.05, 0.1) is 0 Å². The molecule has 0 aliphatic rings. The Morgan fingerprint density at radius 3 is 1.67 bits per heavy atom. The van der Waals surface area contributed by atoms with Gasteiger partial charge in [-0.15, -0.1) is 0 Å². The summed E-state index contributed by atoms with van der Waals surface area (Å²) in [6.07, 6.45) is -11.3. The lowest BCUT2D eigenvalue weighted by Crippen LogP contribution is -2.52. The number of halogens is 6. The molecule has 0 saturated carbocycles. The highest BCUT2D eigenvalue weighted by Gasteiger charge is 2.49. The van der Waals surface area contributed by atoms with E-state index < -0.39 is 37.2 Å². The lowest BCUT2D eigenvalue weighted by atomic mass is 9.94. The van der Waals surface area contributed by atoms with Gasteiger partial charge < -0.3 is 5.32 Å². The Kier molecular flexibility index (Phi) is 4.45. The molecule has 0 fully saturated rings. The van der Waals surface area contributed by atoms with Gasteiger partial charge in [-0.3, -0.25) is 0 Å². The van der Waals surface area contributed by atoms with E-state index in [1.54, 1.807) is 0 Å². The first kappa shape index (κ1) is 14.5. The fourth-order valence-corrected chi connectivity index (χ4v) is 1.05. The molecule has 1 nitrogen and oxygen atoms in total. The van der Waals surface area contributed by atoms with Crippen molar-refractivity contribution in [3.05, 3.63) is 0 Å². The van der Waals surface area contributed by atoms with Crippen LogP contribution in [0.25, 0.3) is 0 Å². The summed E-state index contributed by atoms with van der Waals surface area (Å²) in [5.41, 5.74) is -2.25. The summed E-state index contributed by atoms with van der Waals surface area (Å²) in [4.78, 5) is 0. The SMILES string of the molecule is CNC(C)(CCCC(F)(F)F)C(F)(F)F. The number of hydrogen-bond donors (Lipinski definition) is 1. The maximum Gasteiger partial charge on any atom is 0.406 e. The number of nitrogens with one attached hydrogen (secondary N) is 1. The summed E-state index contributed by atoms with van der Waals surface area (Å²) in [5.74, 6) is 0. The van der Waals surface area contributed by atoms with E-state index in [0.29, 0.717) is 0 Å². The van der Waals surface area contributed by atoms with Crippen LogP contribution in [-0.2, 0) is 0 Å². The van der Waals surface area contributed by atoms with Gasteiger partial charge >= 0.3 is 12.4 Å². The normalized spacial score (nSPS) is 17.6. The van der Waals surface area contributed by atoms with Gasteiger partial charge in [-0.05, 0) is 26.8 Å². The molecule has 1 N–H and O–H groups in total. The summed E-state index contributed by atoms with van der Waals surface area (Å²) in [7, 11) is 1.08. The van der Waals surface area contributed by atoms with Crippen LogP contribution < -0.4 is 5.32 Å². The molecule has 0 aliphatic carbocycles. The van der Waals surface area contributed by atoms with Crippen molar-refractivity contribution in [1.29, 1.82) is 0 Å². The average Bonchev–Trinajstić information content (AvgIpc) is 1.99. The zero-order valence-corrected chi connectivity index (χ0v) is 8.39. The molecule has 0 radical (unpaired) electrons. The van der Waals surface area contributed by atoms with E-state index in [1.165, 1.54) is 0 Å². The Morgan fingerprint density at radius 1 is 0.933 bits per heavy atom. The minimum absolute atomic E-state index is 0.541. The van der Waals surface area contributed by atoms with Crippen LogP contribution in [0.3, 0.4) is 0 Å². The van der Waals surface area contributed by atoms with Crippen molar-refractivity contribution in [3.63, 3.8) is 0 Å². The Morgan fingerprint density at radius 2 is 1.40 bits per heavy atom. The Labute approximate surface area is 83.8 Å². The van der Waals surface area contributed by atoms with Crippen LogP contribution in [0.5, 0.6) is 0 Å². The highest BCUT2D eigenvalue weighted by atomic mass is 19.4. The minimum Gasteiger partial charge on any atom is -0.307 e. The lowest BCUT2D eigenvalue weighted by Gasteiger charge is -2.31. The van der Waals surface area contributed by atoms with Gasteiger partial charge in [0.25, 0.3) is 0 Å². The average molecular weight is 237 g/mol. The minimum atomic E-state index is -4.55. The van der Waals surface area contributed by atoms with Crippen LogP contribution in [0.15, 0.2) is 0 Å². The predicted octanol–water partition coefficient (Wildman–Crippen LogP) is 3.26. The summed E-state index contributed by atoms with van der Waals surface area (Å²) in [6, 6.07) is 0. The van der Waals surface area contributed by atoms with Gasteiger partial charge in [-0.2, -0.15) is 26.3 Å². The maximum absolute atomic E-state index is 12.4. The second-order valence-electron chi connectivity index (χ2n) is 3.55. The second-order valence-corrected chi connectivity index (χ2v) is 3.55. The van der Waals surface area contributed by atoms with E-state index in [1.807, 2.05) is 5.32 Å². The highest BCUT2D eigenvalue weighted by Crippen LogP contribution is 2.35. The largest absolute Gasteiger partial charge is 0.406 e. The van der Waals surface area contributed by atoms with E-state index in [-0.39, 0.29) is 0 Å². The summed E-state index contributed by atoms with van der Waals surface area (Å²) >= 11 is 0. The van der Waals surface area contributed by atoms with Crippen LogP contribution in [0, 0.1) is 0 Å². The topological polar surface area (TPSA) is 12.0 Å². The maximum atomic E-state index is 12.4. The molecular formula is C8H13F6N. The quantitative estimate of drug-likeness (QED) is 0.740. The monoisotopic (exact) mass is 237 g/mol. The van der Waals surface area contributed by atoms with Crippen LogP contribution in [0.2, 0.25) is 0 Å². The molecule has 92 valence electrons. The highest BCUT2D eigenvalue weighted by molar-refractivity contribution is 4.89. The van der Waals surface area contributed by atoms with E-state index in [0.717, 1.165) is 14.0 Å². The summed E-state index contributed by atoms with van der Waals surface area (Å²) in [5, 5.41) is 2.01. The van der Waals surface area contributed by atoms with E-state index >= 15 is 0 Å².